The molecule has 1 saturated carbocycles. The molecule has 0 bridgehead atoms. The van der Waals surface area contributed by atoms with E-state index in [1.165, 1.54) is 22.3 Å². The average molecular weight is 478 g/mol. The molecule has 0 radical (unpaired) electrons. The van der Waals surface area contributed by atoms with Crippen LogP contribution in [0.5, 0.6) is 0 Å². The maximum atomic E-state index is 12.8. The Hall–Kier alpha value is -3.39. The normalized spacial score (nSPS) is 21.2. The van der Waals surface area contributed by atoms with E-state index < -0.39 is 12.1 Å². The second-order valence-corrected chi connectivity index (χ2v) is 9.62. The number of aliphatic carboxylic acids is 1. The van der Waals surface area contributed by atoms with Gasteiger partial charge < -0.3 is 20.1 Å². The number of benzene rings is 2. The number of ether oxygens (including phenoxy) is 1. The molecule has 184 valence electrons. The van der Waals surface area contributed by atoms with Gasteiger partial charge in [0.15, 0.2) is 0 Å². The lowest BCUT2D eigenvalue weighted by Gasteiger charge is -2.34. The fraction of sp³-hybridized carbons (Fsp3) is 0.444. The van der Waals surface area contributed by atoms with Crippen molar-refractivity contribution >= 4 is 18.0 Å². The lowest BCUT2D eigenvalue weighted by molar-refractivity contribution is -0.138. The van der Waals surface area contributed by atoms with Gasteiger partial charge >= 0.3 is 12.1 Å². The number of piperazine rings is 1. The lowest BCUT2D eigenvalue weighted by atomic mass is 9.98. The number of nitrogens with one attached hydrogen (secondary N) is 1. The zero-order chi connectivity index (χ0) is 24.4. The number of carbonyl (C=O) groups excluding carboxylic acids is 2. The summed E-state index contributed by atoms with van der Waals surface area (Å²) in [4.78, 5) is 39.9. The third kappa shape index (κ3) is 5.17. The zero-order valence-corrected chi connectivity index (χ0v) is 19.7. The van der Waals surface area contributed by atoms with E-state index in [0.29, 0.717) is 39.3 Å². The molecule has 2 fully saturated rings. The molecule has 1 heterocycles. The zero-order valence-electron chi connectivity index (χ0n) is 19.7. The smallest absolute Gasteiger partial charge is 0.407 e. The lowest BCUT2D eigenvalue weighted by Crippen LogP contribution is -2.49. The van der Waals surface area contributed by atoms with Gasteiger partial charge in [-0.05, 0) is 34.6 Å². The average Bonchev–Trinajstić information content (AvgIpc) is 3.59. The van der Waals surface area contributed by atoms with Crippen molar-refractivity contribution < 1.29 is 24.2 Å². The quantitative estimate of drug-likeness (QED) is 0.607. The van der Waals surface area contributed by atoms with Gasteiger partial charge in [-0.15, -0.1) is 0 Å². The molecule has 8 heteroatoms. The van der Waals surface area contributed by atoms with Gasteiger partial charge in [-0.3, -0.25) is 14.5 Å². The van der Waals surface area contributed by atoms with E-state index in [0.717, 1.165) is 6.42 Å². The number of rotatable bonds is 8. The molecule has 0 aromatic heterocycles. The predicted molar refractivity (Wildman–Crippen MR) is 130 cm³/mol. The van der Waals surface area contributed by atoms with E-state index in [9.17, 15) is 14.4 Å². The molecule has 5 rings (SSSR count). The Bertz CT molecular complexity index is 1070. The van der Waals surface area contributed by atoms with Crippen molar-refractivity contribution in [1.82, 2.24) is 15.1 Å². The monoisotopic (exact) mass is 477 g/mol. The first-order chi connectivity index (χ1) is 17.0. The van der Waals surface area contributed by atoms with Crippen molar-refractivity contribution in [1.29, 1.82) is 0 Å². The second kappa shape index (κ2) is 10.1. The molecule has 2 amide bonds. The maximum absolute atomic E-state index is 12.8. The summed E-state index contributed by atoms with van der Waals surface area (Å²) in [5, 5.41) is 11.7. The Morgan fingerprint density at radius 3 is 2.20 bits per heavy atom. The van der Waals surface area contributed by atoms with E-state index in [4.69, 9.17) is 9.84 Å². The summed E-state index contributed by atoms with van der Waals surface area (Å²) in [6, 6.07) is 16.5. The molecule has 2 unspecified atom stereocenters. The van der Waals surface area contributed by atoms with Gasteiger partial charge in [0, 0.05) is 51.1 Å². The summed E-state index contributed by atoms with van der Waals surface area (Å²) in [5.74, 6) is -0.532. The Balaban J connectivity index is 1.05. The molecule has 2 aliphatic carbocycles. The number of carbonyl (C=O) groups is 3. The molecular formula is C27H31N3O5. The van der Waals surface area contributed by atoms with Gasteiger partial charge in [0.2, 0.25) is 5.91 Å². The Morgan fingerprint density at radius 2 is 1.57 bits per heavy atom. The van der Waals surface area contributed by atoms with Gasteiger partial charge in [0.05, 0.1) is 6.42 Å². The minimum absolute atomic E-state index is 0.0255. The van der Waals surface area contributed by atoms with Crippen LogP contribution >= 0.6 is 0 Å². The van der Waals surface area contributed by atoms with Crippen molar-refractivity contribution in [3.63, 3.8) is 0 Å². The van der Waals surface area contributed by atoms with Crippen LogP contribution in [0.3, 0.4) is 0 Å². The molecule has 2 atom stereocenters. The summed E-state index contributed by atoms with van der Waals surface area (Å²) in [5.41, 5.74) is 4.74. The van der Waals surface area contributed by atoms with Crippen LogP contribution < -0.4 is 5.32 Å². The summed E-state index contributed by atoms with van der Waals surface area (Å²) in [6.45, 7) is 3.89. The maximum Gasteiger partial charge on any atom is 0.407 e. The molecule has 2 aromatic carbocycles. The summed E-state index contributed by atoms with van der Waals surface area (Å²) in [6.07, 6.45) is 0.457. The van der Waals surface area contributed by atoms with E-state index in [2.05, 4.69) is 34.5 Å². The minimum atomic E-state index is -0.798. The third-order valence-corrected chi connectivity index (χ3v) is 7.42. The molecule has 0 spiro atoms. The van der Waals surface area contributed by atoms with Gasteiger partial charge in [-0.2, -0.15) is 0 Å². The van der Waals surface area contributed by atoms with E-state index in [-0.39, 0.29) is 36.7 Å². The number of carboxylic acids is 1. The number of fused-ring (bicyclic) bond motifs is 3. The van der Waals surface area contributed by atoms with Gasteiger partial charge in [0.25, 0.3) is 0 Å². The van der Waals surface area contributed by atoms with Gasteiger partial charge in [0.1, 0.15) is 6.61 Å². The van der Waals surface area contributed by atoms with Gasteiger partial charge in [-0.1, -0.05) is 48.5 Å². The van der Waals surface area contributed by atoms with Crippen LogP contribution in [0.1, 0.15) is 29.9 Å². The van der Waals surface area contributed by atoms with E-state index >= 15 is 0 Å². The van der Waals surface area contributed by atoms with Crippen molar-refractivity contribution in [2.45, 2.75) is 18.8 Å². The molecular weight excluding hydrogens is 446 g/mol. The third-order valence-electron chi connectivity index (χ3n) is 7.42. The van der Waals surface area contributed by atoms with Crippen LogP contribution in [-0.2, 0) is 14.3 Å². The Morgan fingerprint density at radius 1 is 0.943 bits per heavy atom. The SMILES string of the molecule is O=C(O)CCN1CCN(C(=O)C2CC2CNC(=O)OCC2c3ccccc3-c3ccccc32)CC1. The van der Waals surface area contributed by atoms with E-state index in [1.54, 1.807) is 0 Å². The number of hydrogen-bond donors (Lipinski definition) is 2. The highest BCUT2D eigenvalue weighted by atomic mass is 16.5. The Labute approximate surface area is 204 Å². The van der Waals surface area contributed by atoms with Crippen molar-refractivity contribution in [3.8, 4) is 11.1 Å². The number of carboxylic acid groups (broad SMARTS) is 1. The molecule has 8 nitrogen and oxygen atoms in total. The highest BCUT2D eigenvalue weighted by molar-refractivity contribution is 5.82. The number of nitrogens with zero attached hydrogens (tertiary/aromatic N) is 2. The topological polar surface area (TPSA) is 99.2 Å². The highest BCUT2D eigenvalue weighted by Crippen LogP contribution is 2.44. The predicted octanol–water partition coefficient (Wildman–Crippen LogP) is 2.78. The van der Waals surface area contributed by atoms with E-state index in [1.807, 2.05) is 29.2 Å². The molecule has 1 aliphatic heterocycles. The van der Waals surface area contributed by atoms with Crippen LogP contribution in [0, 0.1) is 11.8 Å². The fourth-order valence-electron chi connectivity index (χ4n) is 5.32. The first-order valence-electron chi connectivity index (χ1n) is 12.3. The standard InChI is InChI=1S/C27H31N3O5/c31-25(32)9-10-29-11-13-30(14-12-29)26(33)23-15-18(23)16-28-27(34)35-17-24-21-7-3-1-5-19(21)20-6-2-4-8-22(20)24/h1-8,18,23-24H,9-17H2,(H,28,34)(H,31,32). The first kappa shape index (κ1) is 23.4. The van der Waals surface area contributed by atoms with Crippen LogP contribution in [0.4, 0.5) is 4.79 Å². The number of amides is 2. The van der Waals surface area contributed by atoms with Crippen LogP contribution in [0.15, 0.2) is 48.5 Å². The van der Waals surface area contributed by atoms with Gasteiger partial charge in [-0.25, -0.2) is 4.79 Å². The number of alkyl carbamates (subject to hydrolysis) is 1. The molecule has 1 saturated heterocycles. The summed E-state index contributed by atoms with van der Waals surface area (Å²) >= 11 is 0. The summed E-state index contributed by atoms with van der Waals surface area (Å²) in [7, 11) is 0. The first-order valence-corrected chi connectivity index (χ1v) is 12.3. The minimum Gasteiger partial charge on any atom is -0.481 e. The second-order valence-electron chi connectivity index (χ2n) is 9.62. The van der Waals surface area contributed by atoms with Crippen LogP contribution in [0.2, 0.25) is 0 Å². The van der Waals surface area contributed by atoms with Crippen molar-refractivity contribution in [3.05, 3.63) is 59.7 Å². The molecule has 2 aromatic rings. The molecule has 3 aliphatic rings. The van der Waals surface area contributed by atoms with Crippen molar-refractivity contribution in [2.75, 3.05) is 45.9 Å². The Kier molecular flexibility index (Phi) is 6.72. The highest BCUT2D eigenvalue weighted by Gasteiger charge is 2.45. The fourth-order valence-corrected chi connectivity index (χ4v) is 5.32. The number of hydrogen-bond acceptors (Lipinski definition) is 5. The van der Waals surface area contributed by atoms with Crippen LogP contribution in [-0.4, -0.2) is 78.8 Å². The van der Waals surface area contributed by atoms with Crippen molar-refractivity contribution in [2.24, 2.45) is 11.8 Å². The molecule has 35 heavy (non-hydrogen) atoms. The largest absolute Gasteiger partial charge is 0.481 e. The molecule has 2 N–H and O–H groups in total. The summed E-state index contributed by atoms with van der Waals surface area (Å²) < 4.78 is 5.59. The van der Waals surface area contributed by atoms with Crippen LogP contribution in [0.25, 0.3) is 11.1 Å².